The standard InChI is InChI=1S/C13H28.C12H10OSi/c1-12(2)10-8-6-7-9-11-13(3,4)5;13-14(11-7-3-1-4-8-11)12-9-5-2-6-10-12/h12H,6-11H2,1-5H3;1-10H. The van der Waals surface area contributed by atoms with Crippen LogP contribution in [0.3, 0.4) is 0 Å². The van der Waals surface area contributed by atoms with E-state index in [1.165, 1.54) is 38.5 Å². The summed E-state index contributed by atoms with van der Waals surface area (Å²) < 4.78 is 12.0. The molecule has 0 bridgehead atoms. The number of unbranched alkanes of at least 4 members (excludes halogenated alkanes) is 3. The van der Waals surface area contributed by atoms with Crippen LogP contribution in [0.5, 0.6) is 0 Å². The molecule has 1 nitrogen and oxygen atoms in total. The van der Waals surface area contributed by atoms with Gasteiger partial charge in [0.1, 0.15) is 0 Å². The SMILES string of the molecule is CC(C)CCCCCCC(C)(C)C.O=[Si](c1ccccc1)c1ccccc1. The van der Waals surface area contributed by atoms with Gasteiger partial charge in [-0.2, -0.15) is 0 Å². The van der Waals surface area contributed by atoms with Crippen molar-refractivity contribution in [2.24, 2.45) is 11.3 Å². The Kier molecular flexibility index (Phi) is 11.1. The fraction of sp³-hybridized carbons (Fsp3) is 0.520. The Labute approximate surface area is 168 Å². The van der Waals surface area contributed by atoms with Gasteiger partial charge in [-0.25, -0.2) is 0 Å². The monoisotopic (exact) mass is 382 g/mol. The highest BCUT2D eigenvalue weighted by atomic mass is 28.3. The van der Waals surface area contributed by atoms with Gasteiger partial charge in [0.15, 0.2) is 0 Å². The van der Waals surface area contributed by atoms with Gasteiger partial charge >= 0.3 is 8.68 Å². The van der Waals surface area contributed by atoms with Crippen molar-refractivity contribution in [3.8, 4) is 0 Å². The predicted octanol–water partition coefficient (Wildman–Crippen LogP) is 6.25. The zero-order valence-electron chi connectivity index (χ0n) is 18.0. The van der Waals surface area contributed by atoms with Crippen molar-refractivity contribution < 1.29 is 4.46 Å². The Bertz CT molecular complexity index is 585. The van der Waals surface area contributed by atoms with Crippen molar-refractivity contribution in [3.05, 3.63) is 60.7 Å². The van der Waals surface area contributed by atoms with Gasteiger partial charge in [-0.05, 0) is 17.8 Å². The first-order valence-corrected chi connectivity index (χ1v) is 11.9. The fourth-order valence-corrected chi connectivity index (χ4v) is 4.23. The topological polar surface area (TPSA) is 17.1 Å². The van der Waals surface area contributed by atoms with Crippen LogP contribution in [0, 0.1) is 11.3 Å². The number of hydrogen-bond acceptors (Lipinski definition) is 1. The largest absolute Gasteiger partial charge is 0.376 e. The van der Waals surface area contributed by atoms with Crippen molar-refractivity contribution in [2.45, 2.75) is 73.1 Å². The van der Waals surface area contributed by atoms with Gasteiger partial charge in [0.2, 0.25) is 0 Å². The van der Waals surface area contributed by atoms with Gasteiger partial charge in [-0.1, -0.05) is 127 Å². The average molecular weight is 383 g/mol. The minimum absolute atomic E-state index is 0.540. The lowest BCUT2D eigenvalue weighted by Gasteiger charge is -2.17. The normalized spacial score (nSPS) is 11.0. The lowest BCUT2D eigenvalue weighted by Crippen LogP contribution is -2.33. The molecule has 0 atom stereocenters. The van der Waals surface area contributed by atoms with Gasteiger partial charge in [-0.15, -0.1) is 0 Å². The van der Waals surface area contributed by atoms with E-state index in [-0.39, 0.29) is 0 Å². The summed E-state index contributed by atoms with van der Waals surface area (Å²) in [5, 5.41) is 1.84. The maximum Gasteiger partial charge on any atom is 0.346 e. The van der Waals surface area contributed by atoms with Crippen LogP contribution >= 0.6 is 0 Å². The molecule has 2 rings (SSSR count). The minimum atomic E-state index is -1.79. The molecule has 27 heavy (non-hydrogen) atoms. The molecule has 0 N–H and O–H groups in total. The molecule has 0 aliphatic carbocycles. The summed E-state index contributed by atoms with van der Waals surface area (Å²) in [5.41, 5.74) is 0.540. The van der Waals surface area contributed by atoms with Crippen LogP contribution in [0.25, 0.3) is 0 Å². The third kappa shape index (κ3) is 11.7. The summed E-state index contributed by atoms with van der Waals surface area (Å²) in [6.45, 7) is 11.6. The van der Waals surface area contributed by atoms with Crippen LogP contribution in [0.2, 0.25) is 0 Å². The maximum absolute atomic E-state index is 12.0. The van der Waals surface area contributed by atoms with E-state index in [0.717, 1.165) is 16.3 Å². The summed E-state index contributed by atoms with van der Waals surface area (Å²) in [5.74, 6) is 0.891. The van der Waals surface area contributed by atoms with Gasteiger partial charge in [0.05, 0.1) is 0 Å². The fourth-order valence-electron chi connectivity index (χ4n) is 2.91. The Morgan fingerprint density at radius 1 is 0.741 bits per heavy atom. The number of rotatable bonds is 8. The molecule has 148 valence electrons. The average Bonchev–Trinajstić information content (AvgIpc) is 2.65. The minimum Gasteiger partial charge on any atom is -0.376 e. The molecule has 0 saturated carbocycles. The highest BCUT2D eigenvalue weighted by Gasteiger charge is 2.10. The van der Waals surface area contributed by atoms with Crippen LogP contribution < -0.4 is 10.4 Å². The highest BCUT2D eigenvalue weighted by molar-refractivity contribution is 6.72. The summed E-state index contributed by atoms with van der Waals surface area (Å²) >= 11 is 0. The highest BCUT2D eigenvalue weighted by Crippen LogP contribution is 2.22. The predicted molar refractivity (Wildman–Crippen MR) is 121 cm³/mol. The van der Waals surface area contributed by atoms with E-state index in [1.54, 1.807) is 0 Å². The summed E-state index contributed by atoms with van der Waals surface area (Å²) in [6.07, 6.45) is 8.52. The van der Waals surface area contributed by atoms with Gasteiger partial charge in [-0.3, -0.25) is 0 Å². The summed E-state index contributed by atoms with van der Waals surface area (Å²) in [4.78, 5) is 0. The van der Waals surface area contributed by atoms with Gasteiger partial charge in [0.25, 0.3) is 0 Å². The molecule has 2 heteroatoms. The van der Waals surface area contributed by atoms with Crippen LogP contribution in [0.4, 0.5) is 0 Å². The van der Waals surface area contributed by atoms with E-state index in [2.05, 4.69) is 34.6 Å². The molecule has 0 aliphatic rings. The quantitative estimate of drug-likeness (QED) is 0.389. The van der Waals surface area contributed by atoms with E-state index in [1.807, 2.05) is 60.7 Å². The van der Waals surface area contributed by atoms with Crippen molar-refractivity contribution in [1.82, 2.24) is 0 Å². The second-order valence-electron chi connectivity index (χ2n) is 8.97. The Morgan fingerprint density at radius 3 is 1.59 bits per heavy atom. The van der Waals surface area contributed by atoms with E-state index in [9.17, 15) is 4.46 Å². The Hall–Kier alpha value is -1.54. The first-order chi connectivity index (χ1) is 12.8. The van der Waals surface area contributed by atoms with E-state index in [0.29, 0.717) is 5.41 Å². The molecule has 0 fully saturated rings. The van der Waals surface area contributed by atoms with E-state index >= 15 is 0 Å². The number of hydrogen-bond donors (Lipinski definition) is 0. The van der Waals surface area contributed by atoms with Crippen LogP contribution in [-0.2, 0) is 4.46 Å². The molecule has 0 spiro atoms. The lowest BCUT2D eigenvalue weighted by molar-refractivity contribution is 0.355. The molecule has 0 aromatic heterocycles. The lowest BCUT2D eigenvalue weighted by atomic mass is 9.89. The third-order valence-corrected chi connectivity index (χ3v) is 6.25. The molecule has 0 saturated heterocycles. The van der Waals surface area contributed by atoms with E-state index in [4.69, 9.17) is 0 Å². The maximum atomic E-state index is 12.0. The zero-order valence-corrected chi connectivity index (χ0v) is 19.0. The molecular weight excluding hydrogens is 344 g/mol. The van der Waals surface area contributed by atoms with Crippen molar-refractivity contribution in [3.63, 3.8) is 0 Å². The van der Waals surface area contributed by atoms with Gasteiger partial charge in [0, 0.05) is 10.4 Å². The molecule has 0 heterocycles. The van der Waals surface area contributed by atoms with Crippen LogP contribution in [0.1, 0.15) is 73.1 Å². The van der Waals surface area contributed by atoms with Gasteiger partial charge < -0.3 is 4.46 Å². The Balaban J connectivity index is 0.000000271. The first-order valence-electron chi connectivity index (χ1n) is 10.4. The number of benzene rings is 2. The molecule has 0 unspecified atom stereocenters. The molecular formula is C25H38OSi. The van der Waals surface area contributed by atoms with Crippen molar-refractivity contribution in [1.29, 1.82) is 0 Å². The van der Waals surface area contributed by atoms with Crippen LogP contribution in [0.15, 0.2) is 60.7 Å². The zero-order chi connectivity index (χ0) is 20.1. The second-order valence-corrected chi connectivity index (χ2v) is 10.8. The Morgan fingerprint density at radius 2 is 1.19 bits per heavy atom. The molecule has 2 aromatic carbocycles. The van der Waals surface area contributed by atoms with Crippen LogP contribution in [-0.4, -0.2) is 8.68 Å². The smallest absolute Gasteiger partial charge is 0.346 e. The van der Waals surface area contributed by atoms with Crippen molar-refractivity contribution in [2.75, 3.05) is 0 Å². The molecule has 0 radical (unpaired) electrons. The van der Waals surface area contributed by atoms with Crippen molar-refractivity contribution >= 4 is 19.1 Å². The molecule has 2 aromatic rings. The first kappa shape index (κ1) is 23.5. The molecule has 0 amide bonds. The summed E-state index contributed by atoms with van der Waals surface area (Å²) in [7, 11) is -1.79. The summed E-state index contributed by atoms with van der Waals surface area (Å²) in [6, 6.07) is 19.2. The van der Waals surface area contributed by atoms with E-state index < -0.39 is 8.68 Å². The molecule has 0 aliphatic heterocycles. The third-order valence-electron chi connectivity index (χ3n) is 4.53. The second kappa shape index (κ2) is 12.8.